The van der Waals surface area contributed by atoms with E-state index in [9.17, 15) is 5.11 Å². The fourth-order valence-corrected chi connectivity index (χ4v) is 2.81. The van der Waals surface area contributed by atoms with Crippen molar-refractivity contribution in [3.8, 4) is 10.7 Å². The van der Waals surface area contributed by atoms with E-state index in [0.29, 0.717) is 0 Å². The number of nitrogens with zero attached hydrogens (tertiary/aromatic N) is 2. The summed E-state index contributed by atoms with van der Waals surface area (Å²) in [5.41, 5.74) is 0.963. The summed E-state index contributed by atoms with van der Waals surface area (Å²) in [4.78, 5) is 5.58. The maximum atomic E-state index is 9.81. The van der Waals surface area contributed by atoms with Gasteiger partial charge in [-0.25, -0.2) is 4.98 Å². The predicted octanol–water partition coefficient (Wildman–Crippen LogP) is 2.44. The molecule has 2 aromatic heterocycles. The Kier molecular flexibility index (Phi) is 2.11. The number of hydrogen-bond donors (Lipinski definition) is 1. The Bertz CT molecular complexity index is 461. The van der Waals surface area contributed by atoms with Crippen LogP contribution in [-0.4, -0.2) is 14.7 Å². The lowest BCUT2D eigenvalue weighted by atomic mass is 10.1. The Morgan fingerprint density at radius 3 is 3.27 bits per heavy atom. The van der Waals surface area contributed by atoms with Crippen LogP contribution < -0.4 is 0 Å². The lowest BCUT2D eigenvalue weighted by Gasteiger charge is -2.20. The minimum absolute atomic E-state index is 0.333. The summed E-state index contributed by atoms with van der Waals surface area (Å²) < 4.78 is 2.14. The summed E-state index contributed by atoms with van der Waals surface area (Å²) in [6, 6.07) is 4.10. The molecule has 3 nitrogen and oxygen atoms in total. The average Bonchev–Trinajstić information content (AvgIpc) is 2.85. The average molecular weight is 220 g/mol. The first-order chi connectivity index (χ1) is 7.36. The molecule has 0 amide bonds. The van der Waals surface area contributed by atoms with E-state index in [2.05, 4.69) is 21.0 Å². The summed E-state index contributed by atoms with van der Waals surface area (Å²) in [7, 11) is 0. The number of imidazole rings is 1. The first-order valence-electron chi connectivity index (χ1n) is 5.13. The van der Waals surface area contributed by atoms with E-state index >= 15 is 0 Å². The molecule has 1 atom stereocenters. The van der Waals surface area contributed by atoms with Crippen LogP contribution in [0.25, 0.3) is 10.7 Å². The molecule has 0 radical (unpaired) electrons. The minimum Gasteiger partial charge on any atom is -0.387 e. The van der Waals surface area contributed by atoms with Crippen molar-refractivity contribution in [2.24, 2.45) is 0 Å². The summed E-state index contributed by atoms with van der Waals surface area (Å²) >= 11 is 1.69. The topological polar surface area (TPSA) is 38.0 Å². The van der Waals surface area contributed by atoms with E-state index < -0.39 is 0 Å². The van der Waals surface area contributed by atoms with Crippen LogP contribution >= 0.6 is 11.3 Å². The molecule has 0 bridgehead atoms. The van der Waals surface area contributed by atoms with Crippen LogP contribution in [0.5, 0.6) is 0 Å². The molecule has 0 saturated carbocycles. The number of thiophene rings is 1. The second kappa shape index (κ2) is 3.47. The van der Waals surface area contributed by atoms with Crippen molar-refractivity contribution in [2.75, 3.05) is 0 Å². The minimum atomic E-state index is -0.333. The van der Waals surface area contributed by atoms with Gasteiger partial charge in [0, 0.05) is 6.54 Å². The van der Waals surface area contributed by atoms with Crippen molar-refractivity contribution in [2.45, 2.75) is 25.5 Å². The largest absolute Gasteiger partial charge is 0.387 e. The van der Waals surface area contributed by atoms with Gasteiger partial charge < -0.3 is 9.67 Å². The number of aliphatic hydroxyl groups excluding tert-OH is 1. The van der Waals surface area contributed by atoms with Crippen LogP contribution in [0.15, 0.2) is 23.7 Å². The molecular weight excluding hydrogens is 208 g/mol. The van der Waals surface area contributed by atoms with Crippen LogP contribution in [0.2, 0.25) is 0 Å². The quantitative estimate of drug-likeness (QED) is 0.801. The molecule has 0 aromatic carbocycles. The zero-order valence-corrected chi connectivity index (χ0v) is 9.07. The zero-order chi connectivity index (χ0) is 10.3. The molecule has 2 aromatic rings. The third kappa shape index (κ3) is 1.41. The van der Waals surface area contributed by atoms with Crippen LogP contribution in [-0.2, 0) is 6.54 Å². The van der Waals surface area contributed by atoms with Gasteiger partial charge in [0.25, 0.3) is 0 Å². The number of aromatic nitrogens is 2. The van der Waals surface area contributed by atoms with Gasteiger partial charge in [0.15, 0.2) is 0 Å². The molecule has 3 heterocycles. The Balaban J connectivity index is 2.11. The maximum Gasteiger partial charge on any atom is 0.150 e. The molecule has 1 aliphatic heterocycles. The highest BCUT2D eigenvalue weighted by Crippen LogP contribution is 2.31. The normalized spacial score (nSPS) is 20.2. The van der Waals surface area contributed by atoms with Gasteiger partial charge in [-0.2, -0.15) is 0 Å². The molecule has 1 unspecified atom stereocenters. The molecule has 3 rings (SSSR count). The van der Waals surface area contributed by atoms with E-state index in [1.54, 1.807) is 17.5 Å². The zero-order valence-electron chi connectivity index (χ0n) is 8.26. The highest BCUT2D eigenvalue weighted by atomic mass is 32.1. The van der Waals surface area contributed by atoms with Crippen molar-refractivity contribution in [3.63, 3.8) is 0 Å². The SMILES string of the molecule is OC1CCCn2c1cnc2-c1cccs1. The molecule has 1 N–H and O–H groups in total. The molecule has 15 heavy (non-hydrogen) atoms. The van der Waals surface area contributed by atoms with Crippen LogP contribution in [0.1, 0.15) is 24.6 Å². The smallest absolute Gasteiger partial charge is 0.150 e. The highest BCUT2D eigenvalue weighted by molar-refractivity contribution is 7.13. The number of aliphatic hydroxyl groups is 1. The number of fused-ring (bicyclic) bond motifs is 1. The molecule has 0 saturated heterocycles. The molecule has 4 heteroatoms. The van der Waals surface area contributed by atoms with E-state index in [0.717, 1.165) is 30.9 Å². The van der Waals surface area contributed by atoms with Gasteiger partial charge in [-0.3, -0.25) is 0 Å². The predicted molar refractivity (Wildman–Crippen MR) is 59.7 cm³/mol. The molecule has 1 aliphatic rings. The third-order valence-electron chi connectivity index (χ3n) is 2.83. The van der Waals surface area contributed by atoms with Crippen molar-refractivity contribution < 1.29 is 5.11 Å². The van der Waals surface area contributed by atoms with Gasteiger partial charge in [0.1, 0.15) is 5.82 Å². The highest BCUT2D eigenvalue weighted by Gasteiger charge is 2.21. The molecule has 0 spiro atoms. The number of rotatable bonds is 1. The first-order valence-corrected chi connectivity index (χ1v) is 6.01. The monoisotopic (exact) mass is 220 g/mol. The van der Waals surface area contributed by atoms with Gasteiger partial charge in [0.2, 0.25) is 0 Å². The lowest BCUT2D eigenvalue weighted by Crippen LogP contribution is -2.15. The molecular formula is C11H12N2OS. The van der Waals surface area contributed by atoms with Crippen molar-refractivity contribution in [1.82, 2.24) is 9.55 Å². The fourth-order valence-electron chi connectivity index (χ4n) is 2.08. The van der Waals surface area contributed by atoms with Crippen LogP contribution in [0, 0.1) is 0 Å². The van der Waals surface area contributed by atoms with Gasteiger partial charge in [-0.1, -0.05) is 6.07 Å². The summed E-state index contributed by atoms with van der Waals surface area (Å²) in [5, 5.41) is 11.9. The second-order valence-electron chi connectivity index (χ2n) is 3.79. The first kappa shape index (κ1) is 9.12. The van der Waals surface area contributed by atoms with E-state index in [1.165, 1.54) is 4.88 Å². The Hall–Kier alpha value is -1.13. The van der Waals surface area contributed by atoms with Crippen molar-refractivity contribution in [3.05, 3.63) is 29.4 Å². The summed E-state index contributed by atoms with van der Waals surface area (Å²) in [6.45, 7) is 0.972. The van der Waals surface area contributed by atoms with E-state index in [1.807, 2.05) is 6.07 Å². The molecule has 78 valence electrons. The van der Waals surface area contributed by atoms with Crippen LogP contribution in [0.3, 0.4) is 0 Å². The Morgan fingerprint density at radius 1 is 1.53 bits per heavy atom. The van der Waals surface area contributed by atoms with Gasteiger partial charge in [0.05, 0.1) is 22.9 Å². The summed E-state index contributed by atoms with van der Waals surface area (Å²) in [6.07, 6.45) is 3.36. The van der Waals surface area contributed by atoms with E-state index in [4.69, 9.17) is 0 Å². The second-order valence-corrected chi connectivity index (χ2v) is 4.74. The van der Waals surface area contributed by atoms with Gasteiger partial charge >= 0.3 is 0 Å². The van der Waals surface area contributed by atoms with Crippen molar-refractivity contribution >= 4 is 11.3 Å². The van der Waals surface area contributed by atoms with E-state index in [-0.39, 0.29) is 6.10 Å². The molecule has 0 fully saturated rings. The van der Waals surface area contributed by atoms with Crippen molar-refractivity contribution in [1.29, 1.82) is 0 Å². The Morgan fingerprint density at radius 2 is 2.47 bits per heavy atom. The number of hydrogen-bond acceptors (Lipinski definition) is 3. The maximum absolute atomic E-state index is 9.81. The third-order valence-corrected chi connectivity index (χ3v) is 3.69. The fraction of sp³-hybridized carbons (Fsp3) is 0.364. The van der Waals surface area contributed by atoms with Gasteiger partial charge in [-0.15, -0.1) is 11.3 Å². The lowest BCUT2D eigenvalue weighted by molar-refractivity contribution is 0.139. The summed E-state index contributed by atoms with van der Waals surface area (Å²) in [5.74, 6) is 0.999. The van der Waals surface area contributed by atoms with Crippen LogP contribution in [0.4, 0.5) is 0 Å². The standard InChI is InChI=1S/C11H12N2OS/c14-9-3-1-5-13-8(9)7-12-11(13)10-4-2-6-15-10/h2,4,6-7,9,14H,1,3,5H2. The van der Waals surface area contributed by atoms with Gasteiger partial charge in [-0.05, 0) is 24.3 Å². The Labute approximate surface area is 92.0 Å². The molecule has 0 aliphatic carbocycles.